The van der Waals surface area contributed by atoms with Gasteiger partial charge < -0.3 is 9.84 Å². The normalized spacial score (nSPS) is 12.5. The fraction of sp³-hybridized carbons (Fsp3) is 0.417. The molecular weight excluding hydrogens is 192 g/mol. The maximum absolute atomic E-state index is 10.9. The molecular formula is C12H16O3. The molecule has 0 saturated heterocycles. The van der Waals surface area contributed by atoms with E-state index in [4.69, 9.17) is 9.84 Å². The molecule has 0 radical (unpaired) electrons. The van der Waals surface area contributed by atoms with Crippen molar-refractivity contribution in [3.05, 3.63) is 30.3 Å². The zero-order valence-corrected chi connectivity index (χ0v) is 9.01. The van der Waals surface area contributed by atoms with Gasteiger partial charge in [-0.15, -0.1) is 0 Å². The molecule has 0 amide bonds. The van der Waals surface area contributed by atoms with Crippen LogP contribution in [0.2, 0.25) is 0 Å². The predicted octanol–water partition coefficient (Wildman–Crippen LogP) is 2.42. The second-order valence-electron chi connectivity index (χ2n) is 3.81. The van der Waals surface area contributed by atoms with Crippen molar-refractivity contribution in [1.82, 2.24) is 0 Å². The second-order valence-corrected chi connectivity index (χ2v) is 3.81. The van der Waals surface area contributed by atoms with Crippen LogP contribution in [0.15, 0.2) is 30.3 Å². The Hall–Kier alpha value is -1.51. The fourth-order valence-electron chi connectivity index (χ4n) is 1.25. The van der Waals surface area contributed by atoms with E-state index in [0.717, 1.165) is 0 Å². The van der Waals surface area contributed by atoms with Crippen LogP contribution >= 0.6 is 0 Å². The van der Waals surface area contributed by atoms with Crippen molar-refractivity contribution < 1.29 is 14.6 Å². The molecule has 1 atom stereocenters. The Kier molecular flexibility index (Phi) is 4.16. The van der Waals surface area contributed by atoms with Gasteiger partial charge in [-0.1, -0.05) is 32.0 Å². The first-order valence-corrected chi connectivity index (χ1v) is 5.02. The van der Waals surface area contributed by atoms with Crippen LogP contribution < -0.4 is 4.74 Å². The standard InChI is InChI=1S/C12H16O3/c1-9(2)11(12(13)14)8-15-10-6-4-3-5-7-10/h3-7,9,11H,8H2,1-2H3,(H,13,14). The molecule has 1 rings (SSSR count). The third-order valence-corrected chi connectivity index (χ3v) is 2.29. The summed E-state index contributed by atoms with van der Waals surface area (Å²) in [4.78, 5) is 10.9. The van der Waals surface area contributed by atoms with Crippen LogP contribution in [-0.4, -0.2) is 17.7 Å². The highest BCUT2D eigenvalue weighted by Crippen LogP contribution is 2.15. The van der Waals surface area contributed by atoms with E-state index in [2.05, 4.69) is 0 Å². The highest BCUT2D eigenvalue weighted by molar-refractivity contribution is 5.70. The van der Waals surface area contributed by atoms with E-state index in [1.165, 1.54) is 0 Å². The van der Waals surface area contributed by atoms with Crippen molar-refractivity contribution in [2.45, 2.75) is 13.8 Å². The van der Waals surface area contributed by atoms with Gasteiger partial charge in [0.25, 0.3) is 0 Å². The minimum atomic E-state index is -0.805. The van der Waals surface area contributed by atoms with Gasteiger partial charge >= 0.3 is 5.97 Å². The molecule has 0 spiro atoms. The summed E-state index contributed by atoms with van der Waals surface area (Å²) in [6.07, 6.45) is 0. The average Bonchev–Trinajstić information content (AvgIpc) is 2.18. The Balaban J connectivity index is 2.51. The highest BCUT2D eigenvalue weighted by atomic mass is 16.5. The summed E-state index contributed by atoms with van der Waals surface area (Å²) in [6.45, 7) is 3.98. The van der Waals surface area contributed by atoms with Gasteiger partial charge in [0.15, 0.2) is 0 Å². The molecule has 1 N–H and O–H groups in total. The number of carboxylic acids is 1. The molecule has 1 aromatic carbocycles. The number of carbonyl (C=O) groups is 1. The number of ether oxygens (including phenoxy) is 1. The number of aliphatic carboxylic acids is 1. The molecule has 0 heterocycles. The van der Waals surface area contributed by atoms with Crippen LogP contribution in [-0.2, 0) is 4.79 Å². The van der Waals surface area contributed by atoms with Gasteiger partial charge in [-0.3, -0.25) is 4.79 Å². The van der Waals surface area contributed by atoms with Gasteiger partial charge in [-0.2, -0.15) is 0 Å². The van der Waals surface area contributed by atoms with Crippen LogP contribution in [0, 0.1) is 11.8 Å². The van der Waals surface area contributed by atoms with E-state index in [1.807, 2.05) is 44.2 Å². The molecule has 0 aliphatic rings. The Morgan fingerprint density at radius 3 is 2.40 bits per heavy atom. The van der Waals surface area contributed by atoms with Gasteiger partial charge in [0, 0.05) is 0 Å². The smallest absolute Gasteiger partial charge is 0.310 e. The number of para-hydroxylation sites is 1. The molecule has 0 fully saturated rings. The molecule has 15 heavy (non-hydrogen) atoms. The average molecular weight is 208 g/mol. The summed E-state index contributed by atoms with van der Waals surface area (Å²) in [5.74, 6) is -0.471. The molecule has 1 aromatic rings. The second kappa shape index (κ2) is 5.39. The van der Waals surface area contributed by atoms with E-state index in [0.29, 0.717) is 5.75 Å². The van der Waals surface area contributed by atoms with Gasteiger partial charge in [-0.25, -0.2) is 0 Å². The van der Waals surface area contributed by atoms with Gasteiger partial charge in [0.05, 0.1) is 5.92 Å². The molecule has 0 bridgehead atoms. The maximum atomic E-state index is 10.9. The number of benzene rings is 1. The summed E-state index contributed by atoms with van der Waals surface area (Å²) >= 11 is 0. The van der Waals surface area contributed by atoms with Crippen molar-refractivity contribution in [2.24, 2.45) is 11.8 Å². The van der Waals surface area contributed by atoms with Crippen LogP contribution in [0.5, 0.6) is 5.75 Å². The maximum Gasteiger partial charge on any atom is 0.310 e. The van der Waals surface area contributed by atoms with Crippen molar-refractivity contribution in [1.29, 1.82) is 0 Å². The first-order valence-electron chi connectivity index (χ1n) is 5.02. The van der Waals surface area contributed by atoms with E-state index in [9.17, 15) is 4.79 Å². The van der Waals surface area contributed by atoms with Crippen LogP contribution in [0.1, 0.15) is 13.8 Å². The lowest BCUT2D eigenvalue weighted by Gasteiger charge is -2.16. The lowest BCUT2D eigenvalue weighted by atomic mass is 9.97. The van der Waals surface area contributed by atoms with Gasteiger partial charge in [0.1, 0.15) is 12.4 Å². The summed E-state index contributed by atoms with van der Waals surface area (Å²) in [7, 11) is 0. The first kappa shape index (κ1) is 11.6. The number of carboxylic acid groups (broad SMARTS) is 1. The molecule has 0 saturated carbocycles. The topological polar surface area (TPSA) is 46.5 Å². The number of rotatable bonds is 5. The zero-order chi connectivity index (χ0) is 11.3. The summed E-state index contributed by atoms with van der Waals surface area (Å²) in [5, 5.41) is 8.94. The summed E-state index contributed by atoms with van der Waals surface area (Å²) < 4.78 is 5.41. The van der Waals surface area contributed by atoms with Gasteiger partial charge in [-0.05, 0) is 18.1 Å². The molecule has 82 valence electrons. The lowest BCUT2D eigenvalue weighted by Crippen LogP contribution is -2.26. The highest BCUT2D eigenvalue weighted by Gasteiger charge is 2.21. The zero-order valence-electron chi connectivity index (χ0n) is 9.01. The van der Waals surface area contributed by atoms with Crippen molar-refractivity contribution in [2.75, 3.05) is 6.61 Å². The summed E-state index contributed by atoms with van der Waals surface area (Å²) in [5.41, 5.74) is 0. The number of hydrogen-bond acceptors (Lipinski definition) is 2. The first-order chi connectivity index (χ1) is 7.11. The quantitative estimate of drug-likeness (QED) is 0.808. The van der Waals surface area contributed by atoms with Crippen LogP contribution in [0.3, 0.4) is 0 Å². The predicted molar refractivity (Wildman–Crippen MR) is 57.9 cm³/mol. The fourth-order valence-corrected chi connectivity index (χ4v) is 1.25. The van der Waals surface area contributed by atoms with E-state index in [-0.39, 0.29) is 12.5 Å². The minimum absolute atomic E-state index is 0.0752. The Morgan fingerprint density at radius 2 is 1.93 bits per heavy atom. The van der Waals surface area contributed by atoms with E-state index < -0.39 is 11.9 Å². The summed E-state index contributed by atoms with van der Waals surface area (Å²) in [6, 6.07) is 9.25. The largest absolute Gasteiger partial charge is 0.493 e. The third kappa shape index (κ3) is 3.62. The molecule has 0 aliphatic carbocycles. The monoisotopic (exact) mass is 208 g/mol. The molecule has 3 nitrogen and oxygen atoms in total. The Morgan fingerprint density at radius 1 is 1.33 bits per heavy atom. The molecule has 1 unspecified atom stereocenters. The van der Waals surface area contributed by atoms with Crippen molar-refractivity contribution in [3.8, 4) is 5.75 Å². The lowest BCUT2D eigenvalue weighted by molar-refractivity contribution is -0.144. The van der Waals surface area contributed by atoms with Crippen molar-refractivity contribution in [3.63, 3.8) is 0 Å². The molecule has 3 heteroatoms. The van der Waals surface area contributed by atoms with Crippen LogP contribution in [0.4, 0.5) is 0 Å². The molecule has 0 aliphatic heterocycles. The van der Waals surface area contributed by atoms with Crippen LogP contribution in [0.25, 0.3) is 0 Å². The Labute approximate surface area is 89.7 Å². The minimum Gasteiger partial charge on any atom is -0.493 e. The van der Waals surface area contributed by atoms with Crippen molar-refractivity contribution >= 4 is 5.97 Å². The van der Waals surface area contributed by atoms with E-state index >= 15 is 0 Å². The van der Waals surface area contributed by atoms with E-state index in [1.54, 1.807) is 0 Å². The third-order valence-electron chi connectivity index (χ3n) is 2.29. The SMILES string of the molecule is CC(C)C(COc1ccccc1)C(=O)O. The molecule has 0 aromatic heterocycles. The Bertz CT molecular complexity index is 306. The van der Waals surface area contributed by atoms with Gasteiger partial charge in [0.2, 0.25) is 0 Å². The number of hydrogen-bond donors (Lipinski definition) is 1.